The summed E-state index contributed by atoms with van der Waals surface area (Å²) in [5, 5.41) is 3.36. The summed E-state index contributed by atoms with van der Waals surface area (Å²) >= 11 is 0. The van der Waals surface area contributed by atoms with Gasteiger partial charge >= 0.3 is 0 Å². The molecule has 106 valence electrons. The molecule has 0 spiro atoms. The number of rotatable bonds is 6. The Kier molecular flexibility index (Phi) is 5.10. The van der Waals surface area contributed by atoms with Gasteiger partial charge < -0.3 is 5.32 Å². The van der Waals surface area contributed by atoms with Crippen molar-refractivity contribution < 1.29 is 4.39 Å². The minimum Gasteiger partial charge on any atom is -0.378 e. The van der Waals surface area contributed by atoms with Crippen LogP contribution in [0.4, 0.5) is 10.1 Å². The summed E-state index contributed by atoms with van der Waals surface area (Å²) in [5.41, 5.74) is 3.25. The lowest BCUT2D eigenvalue weighted by molar-refractivity contribution is 0.616. The Morgan fingerprint density at radius 3 is 2.60 bits per heavy atom. The average Bonchev–Trinajstić information content (AvgIpc) is 2.46. The summed E-state index contributed by atoms with van der Waals surface area (Å²) in [6, 6.07) is 9.99. The standard InChI is InChI=1S/C17H21FN2/c1-3-4-5-14-6-8-17(9-7-14)20-13(2)15-10-16(18)12-19-11-15/h6-13,20H,3-5H2,1-2H3. The predicted molar refractivity (Wildman–Crippen MR) is 81.3 cm³/mol. The molecular formula is C17H21FN2. The molecule has 0 saturated carbocycles. The molecule has 0 radical (unpaired) electrons. The minimum atomic E-state index is -0.300. The van der Waals surface area contributed by atoms with Crippen LogP contribution in [0.25, 0.3) is 0 Å². The summed E-state index contributed by atoms with van der Waals surface area (Å²) in [4.78, 5) is 3.88. The van der Waals surface area contributed by atoms with Gasteiger partial charge in [-0.2, -0.15) is 0 Å². The second-order valence-corrected chi connectivity index (χ2v) is 5.10. The van der Waals surface area contributed by atoms with E-state index in [1.807, 2.05) is 6.92 Å². The van der Waals surface area contributed by atoms with Crippen LogP contribution in [0.15, 0.2) is 42.7 Å². The summed E-state index contributed by atoms with van der Waals surface area (Å²) in [6.45, 7) is 4.20. The monoisotopic (exact) mass is 272 g/mol. The van der Waals surface area contributed by atoms with E-state index in [0.29, 0.717) is 0 Å². The topological polar surface area (TPSA) is 24.9 Å². The van der Waals surface area contributed by atoms with Gasteiger partial charge in [-0.25, -0.2) is 4.39 Å². The van der Waals surface area contributed by atoms with Gasteiger partial charge in [0, 0.05) is 11.9 Å². The fourth-order valence-electron chi connectivity index (χ4n) is 2.15. The third-order valence-electron chi connectivity index (χ3n) is 3.38. The van der Waals surface area contributed by atoms with Gasteiger partial charge in [0.15, 0.2) is 0 Å². The average molecular weight is 272 g/mol. The fraction of sp³-hybridized carbons (Fsp3) is 0.353. The first-order valence-electron chi connectivity index (χ1n) is 7.15. The number of hydrogen-bond donors (Lipinski definition) is 1. The zero-order valence-corrected chi connectivity index (χ0v) is 12.1. The maximum Gasteiger partial charge on any atom is 0.141 e. The first-order chi connectivity index (χ1) is 9.69. The smallest absolute Gasteiger partial charge is 0.141 e. The lowest BCUT2D eigenvalue weighted by atomic mass is 10.1. The van der Waals surface area contributed by atoms with Crippen molar-refractivity contribution in [3.63, 3.8) is 0 Å². The molecule has 0 saturated heterocycles. The molecule has 1 aromatic heterocycles. The van der Waals surface area contributed by atoms with Crippen LogP contribution >= 0.6 is 0 Å². The van der Waals surface area contributed by atoms with Crippen LogP contribution < -0.4 is 5.32 Å². The number of hydrogen-bond acceptors (Lipinski definition) is 2. The van der Waals surface area contributed by atoms with Crippen molar-refractivity contribution in [1.29, 1.82) is 0 Å². The van der Waals surface area contributed by atoms with Crippen molar-refractivity contribution in [3.8, 4) is 0 Å². The van der Waals surface area contributed by atoms with E-state index in [-0.39, 0.29) is 11.9 Å². The van der Waals surface area contributed by atoms with E-state index in [2.05, 4.69) is 41.5 Å². The Morgan fingerprint density at radius 2 is 1.95 bits per heavy atom. The zero-order chi connectivity index (χ0) is 14.4. The third-order valence-corrected chi connectivity index (χ3v) is 3.38. The van der Waals surface area contributed by atoms with Crippen LogP contribution in [-0.2, 0) is 6.42 Å². The number of nitrogens with zero attached hydrogens (tertiary/aromatic N) is 1. The normalized spacial score (nSPS) is 12.2. The zero-order valence-electron chi connectivity index (χ0n) is 12.1. The number of halogens is 1. The minimum absolute atomic E-state index is 0.0275. The first-order valence-corrected chi connectivity index (χ1v) is 7.15. The summed E-state index contributed by atoms with van der Waals surface area (Å²) in [7, 11) is 0. The second-order valence-electron chi connectivity index (χ2n) is 5.10. The van der Waals surface area contributed by atoms with E-state index in [1.165, 1.54) is 30.7 Å². The molecule has 2 nitrogen and oxygen atoms in total. The van der Waals surface area contributed by atoms with Crippen molar-refractivity contribution in [2.24, 2.45) is 0 Å². The van der Waals surface area contributed by atoms with Crippen molar-refractivity contribution in [2.75, 3.05) is 5.32 Å². The van der Waals surface area contributed by atoms with Crippen molar-refractivity contribution in [1.82, 2.24) is 4.98 Å². The van der Waals surface area contributed by atoms with Gasteiger partial charge in [0.25, 0.3) is 0 Å². The molecule has 0 aliphatic carbocycles. The third kappa shape index (κ3) is 4.05. The summed E-state index contributed by atoms with van der Waals surface area (Å²) in [6.07, 6.45) is 6.47. The van der Waals surface area contributed by atoms with Crippen molar-refractivity contribution >= 4 is 5.69 Å². The molecule has 2 rings (SSSR count). The highest BCUT2D eigenvalue weighted by Gasteiger charge is 2.06. The highest BCUT2D eigenvalue weighted by atomic mass is 19.1. The van der Waals surface area contributed by atoms with E-state index in [0.717, 1.165) is 17.7 Å². The number of benzene rings is 1. The van der Waals surface area contributed by atoms with E-state index in [4.69, 9.17) is 0 Å². The molecule has 0 aliphatic rings. The molecule has 3 heteroatoms. The summed E-state index contributed by atoms with van der Waals surface area (Å²) in [5.74, 6) is -0.300. The molecule has 1 N–H and O–H groups in total. The van der Waals surface area contributed by atoms with E-state index >= 15 is 0 Å². The quantitative estimate of drug-likeness (QED) is 0.821. The highest BCUT2D eigenvalue weighted by molar-refractivity contribution is 5.46. The Bertz CT molecular complexity index is 537. The van der Waals surface area contributed by atoms with Gasteiger partial charge in [-0.15, -0.1) is 0 Å². The van der Waals surface area contributed by atoms with Gasteiger partial charge in [0.05, 0.1) is 12.2 Å². The second kappa shape index (κ2) is 7.04. The lowest BCUT2D eigenvalue weighted by Gasteiger charge is -2.15. The van der Waals surface area contributed by atoms with Gasteiger partial charge in [-0.05, 0) is 49.1 Å². The van der Waals surface area contributed by atoms with Crippen LogP contribution in [0, 0.1) is 5.82 Å². The Balaban J connectivity index is 1.99. The van der Waals surface area contributed by atoms with Crippen molar-refractivity contribution in [2.45, 2.75) is 39.2 Å². The van der Waals surface area contributed by atoms with Gasteiger partial charge in [-0.3, -0.25) is 4.98 Å². The maximum atomic E-state index is 13.1. The molecule has 1 aromatic carbocycles. The fourth-order valence-corrected chi connectivity index (χ4v) is 2.15. The van der Waals surface area contributed by atoms with Crippen molar-refractivity contribution in [3.05, 3.63) is 59.7 Å². The number of anilines is 1. The molecule has 0 bridgehead atoms. The molecular weight excluding hydrogens is 251 g/mol. The molecule has 0 amide bonds. The molecule has 20 heavy (non-hydrogen) atoms. The van der Waals surface area contributed by atoms with E-state index < -0.39 is 0 Å². The Morgan fingerprint density at radius 1 is 1.20 bits per heavy atom. The lowest BCUT2D eigenvalue weighted by Crippen LogP contribution is -2.07. The van der Waals surface area contributed by atoms with Gasteiger partial charge in [0.1, 0.15) is 5.82 Å². The van der Waals surface area contributed by atoms with E-state index in [1.54, 1.807) is 6.20 Å². The van der Waals surface area contributed by atoms with Crippen LogP contribution in [0.1, 0.15) is 43.9 Å². The molecule has 0 aliphatic heterocycles. The Hall–Kier alpha value is -1.90. The van der Waals surface area contributed by atoms with Crippen LogP contribution in [0.5, 0.6) is 0 Å². The number of unbranched alkanes of at least 4 members (excludes halogenated alkanes) is 1. The number of aryl methyl sites for hydroxylation is 1. The van der Waals surface area contributed by atoms with Crippen LogP contribution in [0.3, 0.4) is 0 Å². The molecule has 1 atom stereocenters. The molecule has 1 heterocycles. The molecule has 0 fully saturated rings. The number of aromatic nitrogens is 1. The Labute approximate surface area is 120 Å². The van der Waals surface area contributed by atoms with Crippen LogP contribution in [-0.4, -0.2) is 4.98 Å². The van der Waals surface area contributed by atoms with Gasteiger partial charge in [-0.1, -0.05) is 25.5 Å². The number of nitrogens with one attached hydrogen (secondary N) is 1. The van der Waals surface area contributed by atoms with E-state index in [9.17, 15) is 4.39 Å². The highest BCUT2D eigenvalue weighted by Crippen LogP contribution is 2.20. The maximum absolute atomic E-state index is 13.1. The number of pyridine rings is 1. The molecule has 2 aromatic rings. The predicted octanol–water partition coefficient (Wildman–Crippen LogP) is 4.74. The van der Waals surface area contributed by atoms with Gasteiger partial charge in [0.2, 0.25) is 0 Å². The molecule has 1 unspecified atom stereocenters. The first kappa shape index (κ1) is 14.5. The SMILES string of the molecule is CCCCc1ccc(NC(C)c2cncc(F)c2)cc1. The summed E-state index contributed by atoms with van der Waals surface area (Å²) < 4.78 is 13.1. The van der Waals surface area contributed by atoms with Crippen LogP contribution in [0.2, 0.25) is 0 Å². The largest absolute Gasteiger partial charge is 0.378 e.